The van der Waals surface area contributed by atoms with E-state index in [0.717, 1.165) is 8.92 Å². The predicted octanol–water partition coefficient (Wildman–Crippen LogP) is 0.756. The third-order valence-corrected chi connectivity index (χ3v) is 4.27. The van der Waals surface area contributed by atoms with Crippen LogP contribution in [0.5, 0.6) is 0 Å². The van der Waals surface area contributed by atoms with Crippen molar-refractivity contribution in [3.05, 3.63) is 60.7 Å². The predicted molar refractivity (Wildman–Crippen MR) is 66.9 cm³/mol. The van der Waals surface area contributed by atoms with Gasteiger partial charge in [-0.3, -0.25) is 0 Å². The standard InChI is InChI=1S/C12H10O3Se2/c1-3-7-11(8-4-1)16-14-13-15-17-12-9-5-2-6-10-12/h1-10H. The number of hydrogen-bond donors (Lipinski definition) is 0. The van der Waals surface area contributed by atoms with Gasteiger partial charge in [0.1, 0.15) is 0 Å². The van der Waals surface area contributed by atoms with Gasteiger partial charge in [-0.1, -0.05) is 0 Å². The van der Waals surface area contributed by atoms with Gasteiger partial charge in [0.05, 0.1) is 0 Å². The van der Waals surface area contributed by atoms with Crippen molar-refractivity contribution in [1.82, 2.24) is 0 Å². The summed E-state index contributed by atoms with van der Waals surface area (Å²) in [4.78, 5) is 0. The van der Waals surface area contributed by atoms with E-state index >= 15 is 0 Å². The molecule has 17 heavy (non-hydrogen) atoms. The molecule has 0 heterocycles. The summed E-state index contributed by atoms with van der Waals surface area (Å²) in [6.45, 7) is 0. The van der Waals surface area contributed by atoms with Crippen LogP contribution in [-0.2, 0) is 13.0 Å². The van der Waals surface area contributed by atoms with Crippen molar-refractivity contribution in [2.24, 2.45) is 0 Å². The molecule has 2 rings (SSSR count). The average Bonchev–Trinajstić information content (AvgIpc) is 2.41. The Balaban J connectivity index is 1.61. The summed E-state index contributed by atoms with van der Waals surface area (Å²) in [6.07, 6.45) is 0. The van der Waals surface area contributed by atoms with Gasteiger partial charge >= 0.3 is 113 Å². The molecule has 0 saturated heterocycles. The molecule has 0 radical (unpaired) electrons. The van der Waals surface area contributed by atoms with Crippen molar-refractivity contribution in [2.75, 3.05) is 0 Å². The fourth-order valence-electron chi connectivity index (χ4n) is 1.07. The normalized spacial score (nSPS) is 10.4. The fourth-order valence-corrected chi connectivity index (χ4v) is 2.94. The van der Waals surface area contributed by atoms with Crippen LogP contribution in [0.25, 0.3) is 0 Å². The number of benzene rings is 2. The van der Waals surface area contributed by atoms with Gasteiger partial charge < -0.3 is 0 Å². The molecule has 0 amide bonds. The zero-order chi connectivity index (χ0) is 11.8. The van der Waals surface area contributed by atoms with Crippen LogP contribution in [0.2, 0.25) is 0 Å². The van der Waals surface area contributed by atoms with Gasteiger partial charge in [0.2, 0.25) is 0 Å². The Kier molecular flexibility index (Phi) is 5.76. The molecule has 0 fully saturated rings. The van der Waals surface area contributed by atoms with E-state index in [2.05, 4.69) is 0 Å². The third-order valence-electron chi connectivity index (χ3n) is 1.80. The van der Waals surface area contributed by atoms with E-state index in [1.165, 1.54) is 0 Å². The van der Waals surface area contributed by atoms with E-state index in [1.807, 2.05) is 60.7 Å². The van der Waals surface area contributed by atoms with Gasteiger partial charge in [0, 0.05) is 0 Å². The van der Waals surface area contributed by atoms with Gasteiger partial charge in [0.15, 0.2) is 0 Å². The molecule has 0 aliphatic rings. The molecule has 0 unspecified atom stereocenters. The second-order valence-electron chi connectivity index (χ2n) is 3.00. The van der Waals surface area contributed by atoms with Crippen molar-refractivity contribution < 1.29 is 13.0 Å². The third kappa shape index (κ3) is 5.02. The minimum atomic E-state index is -0.173. The Morgan fingerprint density at radius 2 is 1.00 bits per heavy atom. The molecule has 0 aromatic heterocycles. The van der Waals surface area contributed by atoms with Crippen LogP contribution < -0.4 is 8.92 Å². The molecular weight excluding hydrogens is 350 g/mol. The molecule has 5 heteroatoms. The van der Waals surface area contributed by atoms with E-state index in [9.17, 15) is 0 Å². The minimum absolute atomic E-state index is 0.173. The van der Waals surface area contributed by atoms with E-state index in [0.29, 0.717) is 0 Å². The summed E-state index contributed by atoms with van der Waals surface area (Å²) < 4.78 is 12.2. The van der Waals surface area contributed by atoms with Crippen LogP contribution >= 0.6 is 0 Å². The van der Waals surface area contributed by atoms with Gasteiger partial charge in [0.25, 0.3) is 0 Å². The van der Waals surface area contributed by atoms with Crippen LogP contribution in [-0.4, -0.2) is 30.6 Å². The molecule has 88 valence electrons. The fraction of sp³-hybridized carbons (Fsp3) is 0. The quantitative estimate of drug-likeness (QED) is 0.330. The first-order valence-electron chi connectivity index (χ1n) is 4.90. The van der Waals surface area contributed by atoms with Crippen LogP contribution in [0.15, 0.2) is 60.7 Å². The van der Waals surface area contributed by atoms with Crippen molar-refractivity contribution in [3.63, 3.8) is 0 Å². The van der Waals surface area contributed by atoms with Crippen molar-refractivity contribution >= 4 is 39.5 Å². The van der Waals surface area contributed by atoms with Gasteiger partial charge in [-0.15, -0.1) is 0 Å². The number of hydrogen-bond acceptors (Lipinski definition) is 3. The monoisotopic (exact) mass is 362 g/mol. The van der Waals surface area contributed by atoms with Crippen molar-refractivity contribution in [3.8, 4) is 0 Å². The molecule has 0 N–H and O–H groups in total. The van der Waals surface area contributed by atoms with E-state index in [4.69, 9.17) is 13.0 Å². The maximum absolute atomic E-state index is 5.00. The first-order valence-corrected chi connectivity index (χ1v) is 8.01. The molecule has 0 aliphatic heterocycles. The molecule has 0 saturated carbocycles. The van der Waals surface area contributed by atoms with Crippen LogP contribution in [0.1, 0.15) is 0 Å². The molecule has 0 spiro atoms. The molecule has 2 aromatic rings. The number of rotatable bonds is 6. The maximum atomic E-state index is 5.00. The topological polar surface area (TPSA) is 27.7 Å². The molecule has 0 aliphatic carbocycles. The van der Waals surface area contributed by atoms with E-state index < -0.39 is 0 Å². The summed E-state index contributed by atoms with van der Waals surface area (Å²) in [5, 5.41) is 4.70. The molecule has 0 atom stereocenters. The molecule has 3 nitrogen and oxygen atoms in total. The molecule has 2 aromatic carbocycles. The summed E-state index contributed by atoms with van der Waals surface area (Å²) in [7, 11) is 0. The first-order chi connectivity index (χ1) is 8.45. The summed E-state index contributed by atoms with van der Waals surface area (Å²) >= 11 is -0.345. The summed E-state index contributed by atoms with van der Waals surface area (Å²) in [5.41, 5.74) is 0. The van der Waals surface area contributed by atoms with Crippen LogP contribution in [0, 0.1) is 0 Å². The Morgan fingerprint density at radius 1 is 0.588 bits per heavy atom. The first kappa shape index (κ1) is 12.8. The summed E-state index contributed by atoms with van der Waals surface area (Å²) in [5.74, 6) is 0. The zero-order valence-electron chi connectivity index (χ0n) is 8.81. The van der Waals surface area contributed by atoms with Crippen molar-refractivity contribution in [1.29, 1.82) is 0 Å². The average molecular weight is 360 g/mol. The molecular formula is C12H10O3Se2. The van der Waals surface area contributed by atoms with E-state index in [-0.39, 0.29) is 30.6 Å². The SMILES string of the molecule is c1ccc([Se]OOO[Se]c2ccccc2)cc1. The van der Waals surface area contributed by atoms with Crippen LogP contribution in [0.3, 0.4) is 0 Å². The van der Waals surface area contributed by atoms with Gasteiger partial charge in [-0.2, -0.15) is 0 Å². The Bertz CT molecular complexity index is 381. The Labute approximate surface area is 113 Å². The molecule has 0 bridgehead atoms. The summed E-state index contributed by atoms with van der Waals surface area (Å²) in [6, 6.07) is 19.8. The van der Waals surface area contributed by atoms with E-state index in [1.54, 1.807) is 0 Å². The van der Waals surface area contributed by atoms with Gasteiger partial charge in [-0.05, 0) is 0 Å². The Morgan fingerprint density at radius 3 is 1.41 bits per heavy atom. The second-order valence-corrected chi connectivity index (χ2v) is 6.25. The second kappa shape index (κ2) is 7.64. The van der Waals surface area contributed by atoms with Crippen molar-refractivity contribution in [2.45, 2.75) is 0 Å². The van der Waals surface area contributed by atoms with Crippen LogP contribution in [0.4, 0.5) is 0 Å². The Hall–Kier alpha value is -0.641. The van der Waals surface area contributed by atoms with Gasteiger partial charge in [-0.25, -0.2) is 0 Å². The zero-order valence-corrected chi connectivity index (χ0v) is 12.2.